The predicted molar refractivity (Wildman–Crippen MR) is 85.3 cm³/mol. The third kappa shape index (κ3) is 1.94. The predicted octanol–water partition coefficient (Wildman–Crippen LogP) is 2.72. The van der Waals surface area contributed by atoms with Crippen LogP contribution in [0, 0.1) is 0 Å². The Labute approximate surface area is 124 Å². The van der Waals surface area contributed by atoms with Crippen molar-refractivity contribution in [2.45, 2.75) is 19.4 Å². The molecule has 0 saturated carbocycles. The summed E-state index contributed by atoms with van der Waals surface area (Å²) in [6.07, 6.45) is 1.07. The highest BCUT2D eigenvalue weighted by atomic mass is 32.2. The van der Waals surface area contributed by atoms with Crippen LogP contribution in [0.1, 0.15) is 17.5 Å². The summed E-state index contributed by atoms with van der Waals surface area (Å²) in [6.45, 7) is 2.62. The molecule has 102 valence electrons. The lowest BCUT2D eigenvalue weighted by Crippen LogP contribution is -2.14. The third-order valence-corrected chi connectivity index (χ3v) is 5.84. The van der Waals surface area contributed by atoms with Crippen molar-refractivity contribution in [1.29, 1.82) is 0 Å². The van der Waals surface area contributed by atoms with Crippen LogP contribution in [-0.4, -0.2) is 34.2 Å². The number of nitrogens with one attached hydrogen (secondary N) is 1. The molecule has 0 radical (unpaired) electrons. The van der Waals surface area contributed by atoms with Crippen molar-refractivity contribution < 1.29 is 4.79 Å². The number of carbonyl (C=O) groups is 1. The number of carbonyl (C=O) groups excluding carboxylic acids is 1. The van der Waals surface area contributed by atoms with Gasteiger partial charge in [0.05, 0.1) is 10.2 Å². The zero-order chi connectivity index (χ0) is 13.7. The molecular formula is C14H13N3OS2. The summed E-state index contributed by atoms with van der Waals surface area (Å²) in [7, 11) is 0. The van der Waals surface area contributed by atoms with Crippen LogP contribution in [0.4, 0.5) is 5.69 Å². The van der Waals surface area contributed by atoms with Crippen LogP contribution in [0.25, 0.3) is 10.2 Å². The smallest absolute Gasteiger partial charge is 0.155 e. The van der Waals surface area contributed by atoms with Crippen LogP contribution < -0.4 is 5.32 Å². The van der Waals surface area contributed by atoms with Crippen LogP contribution in [0.3, 0.4) is 0 Å². The number of fused-ring (bicyclic) bond motifs is 2. The van der Waals surface area contributed by atoms with Crippen molar-refractivity contribution in [3.8, 4) is 0 Å². The molecule has 3 heterocycles. The lowest BCUT2D eigenvalue weighted by atomic mass is 10.1. The van der Waals surface area contributed by atoms with Crippen molar-refractivity contribution in [2.24, 2.45) is 4.99 Å². The van der Waals surface area contributed by atoms with Gasteiger partial charge in [0, 0.05) is 18.0 Å². The molecule has 0 fully saturated rings. The molecule has 6 heteroatoms. The van der Waals surface area contributed by atoms with E-state index in [9.17, 15) is 4.79 Å². The molecule has 0 amide bonds. The van der Waals surface area contributed by atoms with Crippen LogP contribution in [0.5, 0.6) is 0 Å². The second-order valence-electron chi connectivity index (χ2n) is 5.04. The molecule has 4 rings (SSSR count). The van der Waals surface area contributed by atoms with Crippen molar-refractivity contribution in [3.63, 3.8) is 0 Å². The van der Waals surface area contributed by atoms with E-state index in [4.69, 9.17) is 4.98 Å². The van der Waals surface area contributed by atoms with Gasteiger partial charge >= 0.3 is 0 Å². The first-order chi connectivity index (χ1) is 9.70. The van der Waals surface area contributed by atoms with Gasteiger partial charge in [-0.15, -0.1) is 23.1 Å². The molecule has 2 aromatic rings. The molecule has 20 heavy (non-hydrogen) atoms. The second-order valence-corrected chi connectivity index (χ2v) is 7.08. The first kappa shape index (κ1) is 12.3. The molecule has 1 atom stereocenters. The molecule has 0 saturated heterocycles. The molecule has 1 aromatic heterocycles. The Balaban J connectivity index is 1.75. The standard InChI is InChI=1S/C14H13N3OS2/c1-7(18)11-6-19-13(17-11)14-16-10-4-8-2-3-15-9(8)5-12(10)20-14/h4-5,11,15H,2-3,6H2,1H3/t11-/m1/s1. The van der Waals surface area contributed by atoms with Crippen molar-refractivity contribution in [3.05, 3.63) is 22.7 Å². The average Bonchev–Trinajstić information content (AvgIpc) is 3.13. The molecule has 2 aliphatic heterocycles. The zero-order valence-corrected chi connectivity index (χ0v) is 12.6. The average molecular weight is 303 g/mol. The molecule has 4 nitrogen and oxygen atoms in total. The van der Waals surface area contributed by atoms with Gasteiger partial charge < -0.3 is 5.32 Å². The molecule has 1 aromatic carbocycles. The minimum Gasteiger partial charge on any atom is -0.384 e. The number of thioether (sulfide) groups is 1. The number of ketones is 1. The van der Waals surface area contributed by atoms with Crippen LogP contribution in [0.15, 0.2) is 17.1 Å². The van der Waals surface area contributed by atoms with Gasteiger partial charge in [-0.25, -0.2) is 4.98 Å². The Bertz CT molecular complexity index is 709. The van der Waals surface area contributed by atoms with Gasteiger partial charge in [-0.3, -0.25) is 9.79 Å². The first-order valence-electron chi connectivity index (χ1n) is 6.59. The van der Waals surface area contributed by atoms with Crippen LogP contribution in [-0.2, 0) is 11.2 Å². The van der Waals surface area contributed by atoms with E-state index in [1.807, 2.05) is 0 Å². The normalized spacial score (nSPS) is 20.9. The van der Waals surface area contributed by atoms with Gasteiger partial charge in [0.2, 0.25) is 0 Å². The number of aliphatic imine (C=N–C) groups is 1. The number of Topliss-reactive ketones (excluding diaryl/α,β-unsaturated/α-hetero) is 1. The minimum atomic E-state index is -0.186. The lowest BCUT2D eigenvalue weighted by Gasteiger charge is -1.97. The highest BCUT2D eigenvalue weighted by Crippen LogP contribution is 2.34. The van der Waals surface area contributed by atoms with Gasteiger partial charge in [0.15, 0.2) is 5.78 Å². The number of nitrogens with zero attached hydrogens (tertiary/aromatic N) is 2. The van der Waals surface area contributed by atoms with Crippen LogP contribution in [0.2, 0.25) is 0 Å². The van der Waals surface area contributed by atoms with Crippen LogP contribution >= 0.6 is 23.1 Å². The van der Waals surface area contributed by atoms with E-state index in [1.54, 1.807) is 30.0 Å². The number of hydrogen-bond donors (Lipinski definition) is 1. The van der Waals surface area contributed by atoms with Gasteiger partial charge in [-0.2, -0.15) is 0 Å². The molecule has 0 unspecified atom stereocenters. The third-order valence-electron chi connectivity index (χ3n) is 3.63. The zero-order valence-electron chi connectivity index (χ0n) is 11.0. The summed E-state index contributed by atoms with van der Waals surface area (Å²) < 4.78 is 1.18. The number of rotatable bonds is 2. The maximum atomic E-state index is 11.4. The maximum absolute atomic E-state index is 11.4. The number of thiazole rings is 1. The van der Waals surface area contributed by atoms with E-state index in [2.05, 4.69) is 22.4 Å². The Hall–Kier alpha value is -1.40. The number of benzene rings is 1. The fraction of sp³-hybridized carbons (Fsp3) is 0.357. The monoisotopic (exact) mass is 303 g/mol. The Morgan fingerprint density at radius 3 is 3.15 bits per heavy atom. The number of anilines is 1. The van der Waals surface area contributed by atoms with Gasteiger partial charge in [0.25, 0.3) is 0 Å². The summed E-state index contributed by atoms with van der Waals surface area (Å²) in [4.78, 5) is 20.6. The number of aromatic nitrogens is 1. The lowest BCUT2D eigenvalue weighted by molar-refractivity contribution is -0.117. The summed E-state index contributed by atoms with van der Waals surface area (Å²) in [6, 6.07) is 4.17. The van der Waals surface area contributed by atoms with Gasteiger partial charge in [0.1, 0.15) is 16.1 Å². The molecule has 0 spiro atoms. The van der Waals surface area contributed by atoms with E-state index in [1.165, 1.54) is 16.0 Å². The van der Waals surface area contributed by atoms with E-state index < -0.39 is 0 Å². The van der Waals surface area contributed by atoms with Gasteiger partial charge in [-0.1, -0.05) is 0 Å². The molecule has 1 N–H and O–H groups in total. The molecular weight excluding hydrogens is 290 g/mol. The molecule has 2 aliphatic rings. The molecule has 0 aliphatic carbocycles. The van der Waals surface area contributed by atoms with Gasteiger partial charge in [-0.05, 0) is 31.0 Å². The summed E-state index contributed by atoms with van der Waals surface area (Å²) >= 11 is 3.30. The Morgan fingerprint density at radius 2 is 2.35 bits per heavy atom. The quantitative estimate of drug-likeness (QED) is 0.927. The summed E-state index contributed by atoms with van der Waals surface area (Å²) in [5.41, 5.74) is 3.62. The Morgan fingerprint density at radius 1 is 1.45 bits per heavy atom. The SMILES string of the molecule is CC(=O)[C@H]1CSC(c2nc3cc4c(cc3s2)NCC4)=N1. The van der Waals surface area contributed by atoms with E-state index in [0.717, 1.165) is 34.3 Å². The highest BCUT2D eigenvalue weighted by Gasteiger charge is 2.25. The highest BCUT2D eigenvalue weighted by molar-refractivity contribution is 8.15. The Kier molecular flexibility index (Phi) is 2.82. The largest absolute Gasteiger partial charge is 0.384 e. The van der Waals surface area contributed by atoms with Crippen molar-refractivity contribution >= 4 is 49.8 Å². The summed E-state index contributed by atoms with van der Waals surface area (Å²) in [5, 5.41) is 5.25. The minimum absolute atomic E-state index is 0.136. The van der Waals surface area contributed by atoms with Crippen molar-refractivity contribution in [1.82, 2.24) is 4.98 Å². The van der Waals surface area contributed by atoms with E-state index in [-0.39, 0.29) is 11.8 Å². The first-order valence-corrected chi connectivity index (χ1v) is 8.40. The maximum Gasteiger partial charge on any atom is 0.155 e. The second kappa shape index (κ2) is 4.56. The van der Waals surface area contributed by atoms with E-state index in [0.29, 0.717) is 0 Å². The molecule has 0 bridgehead atoms. The summed E-state index contributed by atoms with van der Waals surface area (Å²) in [5.74, 6) is 0.885. The number of hydrogen-bond acceptors (Lipinski definition) is 6. The fourth-order valence-corrected chi connectivity index (χ4v) is 4.69. The van der Waals surface area contributed by atoms with E-state index >= 15 is 0 Å². The fourth-order valence-electron chi connectivity index (χ4n) is 2.51. The topological polar surface area (TPSA) is 54.4 Å². The van der Waals surface area contributed by atoms with Crippen molar-refractivity contribution in [2.75, 3.05) is 17.6 Å².